The second-order valence-electron chi connectivity index (χ2n) is 5.61. The summed E-state index contributed by atoms with van der Waals surface area (Å²) in [5.41, 5.74) is 2.79. The van der Waals surface area contributed by atoms with Crippen LogP contribution in [0.3, 0.4) is 0 Å². The van der Waals surface area contributed by atoms with Crippen molar-refractivity contribution in [3.05, 3.63) is 44.3 Å². The fourth-order valence-electron chi connectivity index (χ4n) is 2.82. The average molecular weight is 438 g/mol. The van der Waals surface area contributed by atoms with E-state index in [4.69, 9.17) is 0 Å². The molecule has 0 saturated carbocycles. The van der Waals surface area contributed by atoms with Gasteiger partial charge in [-0.2, -0.15) is 16.4 Å². The van der Waals surface area contributed by atoms with Crippen LogP contribution in [0.2, 0.25) is 0 Å². The van der Waals surface area contributed by atoms with Crippen molar-refractivity contribution in [1.82, 2.24) is 15.1 Å². The summed E-state index contributed by atoms with van der Waals surface area (Å²) in [6.45, 7) is 1.96. The van der Waals surface area contributed by atoms with Gasteiger partial charge in [0.2, 0.25) is 5.91 Å². The third-order valence-electron chi connectivity index (χ3n) is 4.14. The zero-order chi connectivity index (χ0) is 15.8. The van der Waals surface area contributed by atoms with Crippen LogP contribution in [0.25, 0.3) is 10.9 Å². The Morgan fingerprint density at radius 3 is 2.96 bits per heavy atom. The molecule has 1 amide bonds. The van der Waals surface area contributed by atoms with Gasteiger partial charge in [0.25, 0.3) is 0 Å². The molecule has 1 fully saturated rings. The number of benzene rings is 1. The number of thiophene rings is 1. The van der Waals surface area contributed by atoms with Crippen molar-refractivity contribution in [3.8, 4) is 0 Å². The minimum absolute atomic E-state index is 0.0287. The minimum atomic E-state index is -0.200. The molecule has 0 radical (unpaired) electrons. The highest BCUT2D eigenvalue weighted by molar-refractivity contribution is 14.1. The first-order chi connectivity index (χ1) is 11.2. The number of carbonyl (C=O) groups excluding carboxylic acids is 1. The van der Waals surface area contributed by atoms with E-state index in [2.05, 4.69) is 48.4 Å². The topological polar surface area (TPSA) is 61.0 Å². The molecule has 2 N–H and O–H groups in total. The van der Waals surface area contributed by atoms with Crippen molar-refractivity contribution in [2.24, 2.45) is 0 Å². The summed E-state index contributed by atoms with van der Waals surface area (Å²) in [5.74, 6) is 0.0287. The van der Waals surface area contributed by atoms with Crippen LogP contribution in [0, 0.1) is 3.70 Å². The third-order valence-corrected chi connectivity index (χ3v) is 5.66. The zero-order valence-corrected chi connectivity index (χ0v) is 15.2. The number of aromatic nitrogens is 2. The van der Waals surface area contributed by atoms with E-state index in [0.717, 1.165) is 45.4 Å². The molecule has 0 spiro atoms. The Kier molecular flexibility index (Phi) is 4.08. The van der Waals surface area contributed by atoms with Crippen LogP contribution in [0.5, 0.6) is 0 Å². The number of hydrogen-bond acceptors (Lipinski definition) is 4. The van der Waals surface area contributed by atoms with Crippen LogP contribution in [0.15, 0.2) is 35.0 Å². The van der Waals surface area contributed by atoms with Crippen LogP contribution in [0.1, 0.15) is 18.0 Å². The molecule has 1 saturated heterocycles. The number of rotatable bonds is 4. The van der Waals surface area contributed by atoms with Crippen molar-refractivity contribution < 1.29 is 4.79 Å². The van der Waals surface area contributed by atoms with Crippen molar-refractivity contribution in [2.75, 3.05) is 18.4 Å². The predicted octanol–water partition coefficient (Wildman–Crippen LogP) is 3.61. The maximum absolute atomic E-state index is 12.8. The fourth-order valence-corrected chi connectivity index (χ4v) is 4.06. The molecule has 1 unspecified atom stereocenters. The summed E-state index contributed by atoms with van der Waals surface area (Å²) in [6, 6.07) is 7.63. The molecule has 118 valence electrons. The third kappa shape index (κ3) is 2.88. The highest BCUT2D eigenvalue weighted by atomic mass is 127. The van der Waals surface area contributed by atoms with E-state index >= 15 is 0 Å². The molecule has 3 heterocycles. The first kappa shape index (κ1) is 15.1. The number of carbonyl (C=O) groups is 1. The number of halogens is 1. The molecule has 2 aromatic heterocycles. The Hall–Kier alpha value is -1.45. The molecule has 1 aliphatic rings. The molecular weight excluding hydrogens is 423 g/mol. The van der Waals surface area contributed by atoms with E-state index in [9.17, 15) is 4.79 Å². The zero-order valence-electron chi connectivity index (χ0n) is 12.3. The number of aromatic amines is 1. The quantitative estimate of drug-likeness (QED) is 0.612. The summed E-state index contributed by atoms with van der Waals surface area (Å²) >= 11 is 3.84. The first-order valence-corrected chi connectivity index (χ1v) is 9.45. The van der Waals surface area contributed by atoms with E-state index in [1.54, 1.807) is 11.3 Å². The second kappa shape index (κ2) is 6.21. The van der Waals surface area contributed by atoms with Gasteiger partial charge in [-0.15, -0.1) is 0 Å². The van der Waals surface area contributed by atoms with Gasteiger partial charge in [0.15, 0.2) is 0 Å². The maximum Gasteiger partial charge on any atom is 0.246 e. The Morgan fingerprint density at radius 2 is 2.26 bits per heavy atom. The lowest BCUT2D eigenvalue weighted by Gasteiger charge is -2.37. The molecular formula is C16H15IN4OS. The predicted molar refractivity (Wildman–Crippen MR) is 101 cm³/mol. The fraction of sp³-hybridized carbons (Fsp3) is 0.250. The van der Waals surface area contributed by atoms with E-state index < -0.39 is 0 Å². The molecule has 1 aliphatic heterocycles. The molecule has 5 nitrogen and oxygen atoms in total. The smallest absolute Gasteiger partial charge is 0.246 e. The SMILES string of the molecule is O=C(Nc1ccc2n[nH]c(I)c2c1)C(c1ccsc1)N1CCC1. The lowest BCUT2D eigenvalue weighted by Crippen LogP contribution is -2.45. The molecule has 1 aromatic carbocycles. The Bertz CT molecular complexity index is 841. The van der Waals surface area contributed by atoms with Crippen molar-refractivity contribution in [1.29, 1.82) is 0 Å². The summed E-state index contributed by atoms with van der Waals surface area (Å²) in [4.78, 5) is 15.1. The number of likely N-dealkylation sites (tertiary alicyclic amines) is 1. The van der Waals surface area contributed by atoms with Crippen molar-refractivity contribution in [3.63, 3.8) is 0 Å². The average Bonchev–Trinajstić information content (AvgIpc) is 3.13. The van der Waals surface area contributed by atoms with Gasteiger partial charge in [-0.1, -0.05) is 0 Å². The number of nitrogens with one attached hydrogen (secondary N) is 2. The van der Waals surface area contributed by atoms with Gasteiger partial charge in [0.1, 0.15) is 9.74 Å². The molecule has 1 atom stereocenters. The van der Waals surface area contributed by atoms with Gasteiger partial charge in [0.05, 0.1) is 5.52 Å². The standard InChI is InChI=1S/C16H15IN4OS/c17-15-12-8-11(2-3-13(12)19-20-15)18-16(22)14(21-5-1-6-21)10-4-7-23-9-10/h2-4,7-9,14H,1,5-6H2,(H,18,22)(H,19,20). The Balaban J connectivity index is 1.60. The van der Waals surface area contributed by atoms with Gasteiger partial charge in [-0.3, -0.25) is 14.8 Å². The normalized spacial score (nSPS) is 16.2. The first-order valence-electron chi connectivity index (χ1n) is 7.43. The number of nitrogens with zero attached hydrogens (tertiary/aromatic N) is 2. The molecule has 23 heavy (non-hydrogen) atoms. The van der Waals surface area contributed by atoms with Crippen LogP contribution in [0.4, 0.5) is 5.69 Å². The van der Waals surface area contributed by atoms with E-state index in [-0.39, 0.29) is 11.9 Å². The van der Waals surface area contributed by atoms with Gasteiger partial charge in [0, 0.05) is 24.2 Å². The molecule has 3 aromatic rings. The summed E-state index contributed by atoms with van der Waals surface area (Å²) in [5, 5.41) is 15.3. The van der Waals surface area contributed by atoms with Gasteiger partial charge in [-0.25, -0.2) is 0 Å². The minimum Gasteiger partial charge on any atom is -0.324 e. The number of amides is 1. The van der Waals surface area contributed by atoms with E-state index in [0.29, 0.717) is 0 Å². The Labute approximate surface area is 151 Å². The van der Waals surface area contributed by atoms with Gasteiger partial charge < -0.3 is 5.32 Å². The maximum atomic E-state index is 12.8. The summed E-state index contributed by atoms with van der Waals surface area (Å²) in [7, 11) is 0. The number of H-pyrrole nitrogens is 1. The van der Waals surface area contributed by atoms with Crippen LogP contribution in [-0.4, -0.2) is 34.1 Å². The van der Waals surface area contributed by atoms with Gasteiger partial charge >= 0.3 is 0 Å². The number of fused-ring (bicyclic) bond motifs is 1. The number of anilines is 1. The highest BCUT2D eigenvalue weighted by Crippen LogP contribution is 2.29. The summed E-state index contributed by atoms with van der Waals surface area (Å²) < 4.78 is 0.978. The van der Waals surface area contributed by atoms with Gasteiger partial charge in [-0.05, 0) is 69.6 Å². The molecule has 0 aliphatic carbocycles. The Morgan fingerprint density at radius 1 is 1.39 bits per heavy atom. The lowest BCUT2D eigenvalue weighted by atomic mass is 10.0. The highest BCUT2D eigenvalue weighted by Gasteiger charge is 2.31. The van der Waals surface area contributed by atoms with Crippen LogP contribution >= 0.6 is 33.9 Å². The monoisotopic (exact) mass is 438 g/mol. The lowest BCUT2D eigenvalue weighted by molar-refractivity contribution is -0.123. The second-order valence-corrected chi connectivity index (χ2v) is 7.47. The molecule has 7 heteroatoms. The van der Waals surface area contributed by atoms with E-state index in [1.165, 1.54) is 0 Å². The van der Waals surface area contributed by atoms with E-state index in [1.807, 2.05) is 29.6 Å². The van der Waals surface area contributed by atoms with Crippen LogP contribution in [-0.2, 0) is 4.79 Å². The van der Waals surface area contributed by atoms with Crippen molar-refractivity contribution >= 4 is 56.4 Å². The molecule has 0 bridgehead atoms. The number of hydrogen-bond donors (Lipinski definition) is 2. The van der Waals surface area contributed by atoms with Crippen LogP contribution < -0.4 is 5.32 Å². The van der Waals surface area contributed by atoms with Crippen molar-refractivity contribution in [2.45, 2.75) is 12.5 Å². The largest absolute Gasteiger partial charge is 0.324 e. The molecule has 4 rings (SSSR count). The summed E-state index contributed by atoms with van der Waals surface area (Å²) in [6.07, 6.45) is 1.16.